The Labute approximate surface area is 111 Å². The molecule has 2 aromatic rings. The van der Waals surface area contributed by atoms with Gasteiger partial charge in [0.25, 0.3) is 0 Å². The first-order chi connectivity index (χ1) is 8.40. The Morgan fingerprint density at radius 3 is 2.06 bits per heavy atom. The minimum Gasteiger partial charge on any atom is -0.397 e. The lowest BCUT2D eigenvalue weighted by Crippen LogP contribution is -1.95. The fourth-order valence-corrected chi connectivity index (χ4v) is 1.99. The van der Waals surface area contributed by atoms with Crippen LogP contribution < -0.4 is 5.73 Å². The average Bonchev–Trinajstić information content (AvgIpc) is 2.29. The maximum absolute atomic E-state index is 13.3. The number of benzene rings is 2. The number of rotatable bonds is 1. The quantitative estimate of drug-likeness (QED) is 0.600. The number of hydrogen-bond acceptors (Lipinski definition) is 1. The Morgan fingerprint density at radius 2 is 1.39 bits per heavy atom. The Hall–Kier alpha value is -1.39. The minimum atomic E-state index is -1.10. The number of hydrogen-bond donors (Lipinski definition) is 1. The Morgan fingerprint density at radius 1 is 0.778 bits per heavy atom. The lowest BCUT2D eigenvalue weighted by molar-refractivity contribution is 0.509. The van der Waals surface area contributed by atoms with Gasteiger partial charge in [0.05, 0.1) is 15.7 Å². The molecule has 0 saturated carbocycles. The second-order valence-corrected chi connectivity index (χ2v) is 4.41. The van der Waals surface area contributed by atoms with E-state index in [0.29, 0.717) is 0 Å². The molecule has 0 aliphatic heterocycles. The van der Waals surface area contributed by atoms with Crippen LogP contribution in [0.5, 0.6) is 0 Å². The van der Waals surface area contributed by atoms with E-state index in [1.807, 2.05) is 0 Å². The van der Waals surface area contributed by atoms with E-state index in [1.54, 1.807) is 0 Å². The van der Waals surface area contributed by atoms with Crippen molar-refractivity contribution in [1.29, 1.82) is 0 Å². The molecule has 1 nitrogen and oxygen atoms in total. The zero-order valence-corrected chi connectivity index (χ0v) is 10.3. The summed E-state index contributed by atoms with van der Waals surface area (Å²) in [5, 5.41) is -0.104. The highest BCUT2D eigenvalue weighted by Crippen LogP contribution is 2.37. The standard InChI is InChI=1S/C12H6Cl2F3N/c13-8-4-11(17)10(16)3-6(8)7-1-5(15)2-9(14)12(7)18/h1-4H,18H2. The molecule has 0 aromatic heterocycles. The van der Waals surface area contributed by atoms with Crippen molar-refractivity contribution in [3.05, 3.63) is 51.8 Å². The van der Waals surface area contributed by atoms with Gasteiger partial charge in [0.1, 0.15) is 5.82 Å². The molecule has 6 heteroatoms. The van der Waals surface area contributed by atoms with Gasteiger partial charge >= 0.3 is 0 Å². The first kappa shape index (κ1) is 13.1. The topological polar surface area (TPSA) is 26.0 Å². The molecule has 2 rings (SSSR count). The third kappa shape index (κ3) is 2.26. The molecule has 0 saturated heterocycles. The first-order valence-corrected chi connectivity index (χ1v) is 5.55. The van der Waals surface area contributed by atoms with Gasteiger partial charge < -0.3 is 5.73 Å². The second-order valence-electron chi connectivity index (χ2n) is 3.60. The van der Waals surface area contributed by atoms with Gasteiger partial charge in [0, 0.05) is 11.1 Å². The van der Waals surface area contributed by atoms with Gasteiger partial charge in [-0.05, 0) is 24.3 Å². The molecule has 0 radical (unpaired) electrons. The van der Waals surface area contributed by atoms with E-state index in [-0.39, 0.29) is 26.9 Å². The molecule has 0 heterocycles. The zero-order chi connectivity index (χ0) is 13.4. The Balaban J connectivity index is 2.73. The van der Waals surface area contributed by atoms with Crippen LogP contribution in [0.1, 0.15) is 0 Å². The van der Waals surface area contributed by atoms with Crippen LogP contribution in [-0.2, 0) is 0 Å². The third-order valence-corrected chi connectivity index (χ3v) is 3.02. The normalized spacial score (nSPS) is 10.7. The van der Waals surface area contributed by atoms with Crippen LogP contribution >= 0.6 is 23.2 Å². The van der Waals surface area contributed by atoms with Crippen molar-refractivity contribution in [1.82, 2.24) is 0 Å². The Kier molecular flexibility index (Phi) is 3.41. The maximum Gasteiger partial charge on any atom is 0.160 e. The molecule has 2 N–H and O–H groups in total. The van der Waals surface area contributed by atoms with Crippen molar-refractivity contribution >= 4 is 28.9 Å². The lowest BCUT2D eigenvalue weighted by Gasteiger charge is -2.10. The SMILES string of the molecule is Nc1c(Cl)cc(F)cc1-c1cc(F)c(F)cc1Cl. The highest BCUT2D eigenvalue weighted by molar-refractivity contribution is 6.35. The molecule has 0 aliphatic rings. The van der Waals surface area contributed by atoms with Crippen LogP contribution in [0.4, 0.5) is 18.9 Å². The van der Waals surface area contributed by atoms with Crippen molar-refractivity contribution in [2.45, 2.75) is 0 Å². The van der Waals surface area contributed by atoms with E-state index in [9.17, 15) is 13.2 Å². The van der Waals surface area contributed by atoms with Crippen LogP contribution in [0.15, 0.2) is 24.3 Å². The van der Waals surface area contributed by atoms with Gasteiger partial charge in [-0.25, -0.2) is 13.2 Å². The van der Waals surface area contributed by atoms with E-state index in [4.69, 9.17) is 28.9 Å². The summed E-state index contributed by atoms with van der Waals surface area (Å²) in [6.07, 6.45) is 0. The molecule has 2 aromatic carbocycles. The van der Waals surface area contributed by atoms with Crippen molar-refractivity contribution < 1.29 is 13.2 Å². The summed E-state index contributed by atoms with van der Waals surface area (Å²) in [4.78, 5) is 0. The van der Waals surface area contributed by atoms with Crippen LogP contribution in [0.25, 0.3) is 11.1 Å². The molecule has 0 amide bonds. The van der Waals surface area contributed by atoms with Crippen molar-refractivity contribution in [3.8, 4) is 11.1 Å². The van der Waals surface area contributed by atoms with Crippen LogP contribution in [0.3, 0.4) is 0 Å². The Bertz CT molecular complexity index is 629. The molecule has 0 atom stereocenters. The largest absolute Gasteiger partial charge is 0.397 e. The first-order valence-electron chi connectivity index (χ1n) is 4.79. The maximum atomic E-state index is 13.3. The van der Waals surface area contributed by atoms with Gasteiger partial charge in [0.2, 0.25) is 0 Å². The molecule has 0 spiro atoms. The third-order valence-electron chi connectivity index (χ3n) is 2.39. The molecule has 0 unspecified atom stereocenters. The van der Waals surface area contributed by atoms with Crippen molar-refractivity contribution in [2.75, 3.05) is 5.73 Å². The molecule has 18 heavy (non-hydrogen) atoms. The molecule has 0 aliphatic carbocycles. The highest BCUT2D eigenvalue weighted by atomic mass is 35.5. The monoisotopic (exact) mass is 291 g/mol. The summed E-state index contributed by atoms with van der Waals surface area (Å²) in [5.74, 6) is -2.84. The van der Waals surface area contributed by atoms with Crippen molar-refractivity contribution in [2.24, 2.45) is 0 Å². The summed E-state index contributed by atoms with van der Waals surface area (Å²) in [6, 6.07) is 3.72. The highest BCUT2D eigenvalue weighted by Gasteiger charge is 2.15. The average molecular weight is 292 g/mol. The van der Waals surface area contributed by atoms with Crippen LogP contribution in [0.2, 0.25) is 10.0 Å². The van der Waals surface area contributed by atoms with E-state index in [1.165, 1.54) is 0 Å². The molecule has 0 bridgehead atoms. The number of nitrogens with two attached hydrogens (primary N) is 1. The van der Waals surface area contributed by atoms with Gasteiger partial charge in [-0.1, -0.05) is 23.2 Å². The zero-order valence-electron chi connectivity index (χ0n) is 8.78. The molecular formula is C12H6Cl2F3N. The van der Waals surface area contributed by atoms with Gasteiger partial charge in [-0.15, -0.1) is 0 Å². The summed E-state index contributed by atoms with van der Waals surface area (Å²) in [7, 11) is 0. The predicted molar refractivity (Wildman–Crippen MR) is 66.2 cm³/mol. The molecule has 94 valence electrons. The predicted octanol–water partition coefficient (Wildman–Crippen LogP) is 4.66. The fourth-order valence-electron chi connectivity index (χ4n) is 1.54. The van der Waals surface area contributed by atoms with Crippen LogP contribution in [-0.4, -0.2) is 0 Å². The summed E-state index contributed by atoms with van der Waals surface area (Å²) >= 11 is 11.5. The summed E-state index contributed by atoms with van der Waals surface area (Å²) in [5.41, 5.74) is 5.91. The summed E-state index contributed by atoms with van der Waals surface area (Å²) in [6.45, 7) is 0. The molecule has 0 fully saturated rings. The van der Waals surface area contributed by atoms with E-state index in [2.05, 4.69) is 0 Å². The molecular weight excluding hydrogens is 286 g/mol. The van der Waals surface area contributed by atoms with Gasteiger partial charge in [-0.2, -0.15) is 0 Å². The summed E-state index contributed by atoms with van der Waals surface area (Å²) < 4.78 is 39.4. The van der Waals surface area contributed by atoms with E-state index < -0.39 is 17.5 Å². The fraction of sp³-hybridized carbons (Fsp3) is 0. The minimum absolute atomic E-state index is 0.0224. The lowest BCUT2D eigenvalue weighted by atomic mass is 10.0. The number of anilines is 1. The van der Waals surface area contributed by atoms with E-state index in [0.717, 1.165) is 24.3 Å². The second kappa shape index (κ2) is 4.71. The van der Waals surface area contributed by atoms with Crippen molar-refractivity contribution in [3.63, 3.8) is 0 Å². The van der Waals surface area contributed by atoms with E-state index >= 15 is 0 Å². The van der Waals surface area contributed by atoms with Gasteiger partial charge in [0.15, 0.2) is 11.6 Å². The van der Waals surface area contributed by atoms with Crippen LogP contribution in [0, 0.1) is 17.5 Å². The smallest absolute Gasteiger partial charge is 0.160 e. The number of halogens is 5. The van der Waals surface area contributed by atoms with Gasteiger partial charge in [-0.3, -0.25) is 0 Å². The number of nitrogen functional groups attached to an aromatic ring is 1.